The molecule has 1 unspecified atom stereocenters. The lowest BCUT2D eigenvalue weighted by molar-refractivity contribution is -0.386. The Hall–Kier alpha value is -10.9. The van der Waals surface area contributed by atoms with Crippen molar-refractivity contribution >= 4 is 111 Å². The van der Waals surface area contributed by atoms with Gasteiger partial charge in [0.15, 0.2) is 0 Å². The third kappa shape index (κ3) is 20.8. The number of anilines is 2. The summed E-state index contributed by atoms with van der Waals surface area (Å²) < 4.78 is 90.9. The van der Waals surface area contributed by atoms with Crippen LogP contribution >= 0.6 is 23.2 Å². The van der Waals surface area contributed by atoms with Crippen molar-refractivity contribution in [3.8, 4) is 34.5 Å². The van der Waals surface area contributed by atoms with Crippen LogP contribution in [0.4, 0.5) is 22.7 Å². The van der Waals surface area contributed by atoms with Crippen molar-refractivity contribution in [2.45, 2.75) is 159 Å². The molecule has 18 rings (SSSR count). The molecule has 8 heterocycles. The lowest BCUT2D eigenvalue weighted by atomic mass is 9.72. The van der Waals surface area contributed by atoms with Gasteiger partial charge < -0.3 is 43.5 Å². The van der Waals surface area contributed by atoms with Crippen LogP contribution in [-0.4, -0.2) is 160 Å². The Morgan fingerprint density at radius 2 is 0.969 bits per heavy atom. The number of amides is 2. The van der Waals surface area contributed by atoms with Crippen LogP contribution in [-0.2, 0) is 37.6 Å². The molecule has 2 atom stereocenters. The van der Waals surface area contributed by atoms with Crippen molar-refractivity contribution in [2.75, 3.05) is 95.1 Å². The van der Waals surface area contributed by atoms with E-state index in [4.69, 9.17) is 46.9 Å². The number of halogens is 2. The zero-order chi connectivity index (χ0) is 89.2. The Labute approximate surface area is 755 Å². The second-order valence-electron chi connectivity index (χ2n) is 37.0. The van der Waals surface area contributed by atoms with Crippen molar-refractivity contribution < 1.29 is 60.0 Å². The van der Waals surface area contributed by atoms with Crippen LogP contribution in [0.5, 0.6) is 34.5 Å². The molecule has 672 valence electrons. The van der Waals surface area contributed by atoms with Gasteiger partial charge in [-0.3, -0.25) is 39.6 Å². The highest BCUT2D eigenvalue weighted by molar-refractivity contribution is 7.90. The van der Waals surface area contributed by atoms with Gasteiger partial charge in [-0.25, -0.2) is 36.2 Å². The molecule has 4 fully saturated rings. The average molecular weight is 1820 g/mol. The Kier molecular flexibility index (Phi) is 26.5. The SMILES string of the molecule is CC1(C)CCC(CN2CCN(c3ccc(C(=O)NS(=O)(=O)c4cc5c(c([N+](=O)[O-])c4)CC(C4CCCCC4)CO5)c(Oc4cnc5[nH]ccc5c4)c3)CC2)=C(c2ccc(Cl)cc2)C1.CC1(C)CCC(CN2CCN(c3ccc(C(=O)NS(=O)(=O)c4cc5c(c([N+](=O)[O-])c4)C[C@H](COC4CCCCC4)CO5)c(Oc4cnc5[nH]ccc5c4)c3)CC2)=C(c2ccc(Cl)cc2)C1. The van der Waals surface area contributed by atoms with E-state index in [1.165, 1.54) is 70.8 Å². The number of aromatic amines is 2. The predicted molar refractivity (Wildman–Crippen MR) is 495 cm³/mol. The molecule has 4 aromatic heterocycles. The molecular formula is C97H108Cl2N12O15S2. The van der Waals surface area contributed by atoms with Gasteiger partial charge >= 0.3 is 0 Å². The summed E-state index contributed by atoms with van der Waals surface area (Å²) in [4.78, 5) is 75.2. The Bertz CT molecular complexity index is 6150. The van der Waals surface area contributed by atoms with Gasteiger partial charge in [0.2, 0.25) is 0 Å². The molecule has 10 aromatic rings. The Morgan fingerprint density at radius 1 is 0.531 bits per heavy atom. The maximum Gasteiger partial charge on any atom is 0.277 e. The quantitative estimate of drug-likeness (QED) is 0.0322. The number of nitro benzene ring substituents is 2. The summed E-state index contributed by atoms with van der Waals surface area (Å²) >= 11 is 12.5. The molecule has 4 aliphatic heterocycles. The Morgan fingerprint density at radius 3 is 1.42 bits per heavy atom. The van der Waals surface area contributed by atoms with Gasteiger partial charge in [0.05, 0.1) is 80.2 Å². The first-order valence-corrected chi connectivity index (χ1v) is 48.3. The molecular weight excluding hydrogens is 1710 g/mol. The zero-order valence-corrected chi connectivity index (χ0v) is 75.7. The number of hydrogen-bond acceptors (Lipinski definition) is 21. The van der Waals surface area contributed by atoms with Crippen LogP contribution in [0.15, 0.2) is 179 Å². The topological polar surface area (TPSA) is 329 Å². The van der Waals surface area contributed by atoms with Gasteiger partial charge in [-0.05, 0) is 176 Å². The van der Waals surface area contributed by atoms with E-state index < -0.39 is 51.5 Å². The molecule has 0 spiro atoms. The van der Waals surface area contributed by atoms with Crippen molar-refractivity contribution in [2.24, 2.45) is 28.6 Å². The predicted octanol–water partition coefficient (Wildman–Crippen LogP) is 19.7. The van der Waals surface area contributed by atoms with E-state index in [0.29, 0.717) is 65.9 Å². The van der Waals surface area contributed by atoms with Crippen LogP contribution < -0.4 is 38.2 Å². The normalized spacial score (nSPS) is 19.5. The zero-order valence-electron chi connectivity index (χ0n) is 72.5. The van der Waals surface area contributed by atoms with Crippen LogP contribution in [0.1, 0.15) is 173 Å². The number of aromatic nitrogens is 4. The number of nitro groups is 2. The van der Waals surface area contributed by atoms with E-state index in [0.717, 1.165) is 200 Å². The van der Waals surface area contributed by atoms with Crippen molar-refractivity contribution in [3.63, 3.8) is 0 Å². The monoisotopic (exact) mass is 1810 g/mol. The van der Waals surface area contributed by atoms with Gasteiger partial charge in [-0.1, -0.05) is 138 Å². The minimum absolute atomic E-state index is 0.0314. The number of rotatable bonds is 24. The maximum absolute atomic E-state index is 14.1. The van der Waals surface area contributed by atoms with E-state index in [-0.39, 0.29) is 80.9 Å². The fraction of sp³-hybridized carbons (Fsp3) is 0.423. The molecule has 0 bridgehead atoms. The molecule has 4 aliphatic carbocycles. The van der Waals surface area contributed by atoms with E-state index in [1.54, 1.807) is 60.9 Å². The second-order valence-corrected chi connectivity index (χ2v) is 41.2. The third-order valence-electron chi connectivity index (χ3n) is 26.8. The number of ether oxygens (including phenoxy) is 5. The molecule has 4 N–H and O–H groups in total. The van der Waals surface area contributed by atoms with E-state index in [9.17, 15) is 46.7 Å². The molecule has 31 heteroatoms. The van der Waals surface area contributed by atoms with Gasteiger partial charge in [-0.2, -0.15) is 0 Å². The number of nitrogens with one attached hydrogen (secondary N) is 4. The van der Waals surface area contributed by atoms with E-state index >= 15 is 0 Å². The fourth-order valence-electron chi connectivity index (χ4n) is 19.5. The average Bonchev–Trinajstić information content (AvgIpc) is 0.904. The Balaban J connectivity index is 0.000000180. The summed E-state index contributed by atoms with van der Waals surface area (Å²) in [5.41, 5.74) is 11.5. The summed E-state index contributed by atoms with van der Waals surface area (Å²) in [6.45, 7) is 18.3. The standard InChI is InChI=1S/C49H55ClN6O8S.C48H53ClN6O7S/c1-49(2)16-14-35(43(27-49)33-8-10-36(50)11-9-33)29-54-18-20-55(21-19-54)37-12-13-41(46(24-37)64-39-23-34-15-17-51-47(34)52-28-39)48(57)53-65(60,61)40-25-44(56(58)59)42-22-32(31-63-45(42)26-40)30-62-38-6-4-3-5-7-38;1-48(2)16-14-34(42(27-48)32-8-10-36(49)11-9-32)29-53-18-20-54(21-19-53)37-12-13-40(45(24-37)62-38-22-33-15-17-50-46(33)51-28-38)47(56)52-63(59,60)39-25-43(55(57)58)41-23-35(30-61-44(41)26-39)31-6-4-3-5-7-31/h8-13,15,17,23-26,28,32,38H,3-7,14,16,18-22,27,29-31H2,1-2H3,(H,51,52)(H,53,57);8-13,15,17,22,24-26,28,31,35H,3-7,14,16,18-21,23,27,29-30H2,1-2H3,(H,50,51)(H,52,56)/t32-;/m1./s1. The van der Waals surface area contributed by atoms with Crippen LogP contribution in [0.25, 0.3) is 33.2 Å². The number of sulfonamides is 2. The number of H-pyrrole nitrogens is 2. The highest BCUT2D eigenvalue weighted by Gasteiger charge is 2.39. The van der Waals surface area contributed by atoms with Crippen LogP contribution in [0, 0.1) is 48.8 Å². The molecule has 6 aromatic carbocycles. The van der Waals surface area contributed by atoms with Crippen LogP contribution in [0.2, 0.25) is 10.0 Å². The summed E-state index contributed by atoms with van der Waals surface area (Å²) in [6.07, 6.45) is 24.9. The number of allylic oxidation sites excluding steroid dienone is 2. The summed E-state index contributed by atoms with van der Waals surface area (Å²) in [6, 6.07) is 38.4. The van der Waals surface area contributed by atoms with E-state index in [2.05, 4.69) is 101 Å². The highest BCUT2D eigenvalue weighted by atomic mass is 35.5. The summed E-state index contributed by atoms with van der Waals surface area (Å²) in [5, 5.41) is 27.8. The molecule has 128 heavy (non-hydrogen) atoms. The first kappa shape index (κ1) is 89.1. The maximum atomic E-state index is 14.1. The number of piperazine rings is 2. The minimum atomic E-state index is -4.63. The van der Waals surface area contributed by atoms with Crippen molar-refractivity contribution in [3.05, 3.63) is 233 Å². The highest BCUT2D eigenvalue weighted by Crippen LogP contribution is 2.48. The number of fused-ring (bicyclic) bond motifs is 4. The first-order valence-electron chi connectivity index (χ1n) is 44.6. The first-order chi connectivity index (χ1) is 61.5. The van der Waals surface area contributed by atoms with Gasteiger partial charge in [0, 0.05) is 158 Å². The number of nitrogens with zero attached hydrogens (tertiary/aromatic N) is 8. The van der Waals surface area contributed by atoms with Gasteiger partial charge in [-0.15, -0.1) is 0 Å². The van der Waals surface area contributed by atoms with Gasteiger partial charge in [0.1, 0.15) is 45.8 Å². The summed E-state index contributed by atoms with van der Waals surface area (Å²) in [5.74, 6) is -0.276. The lowest BCUT2D eigenvalue weighted by Crippen LogP contribution is -2.47. The van der Waals surface area contributed by atoms with Crippen molar-refractivity contribution in [1.29, 1.82) is 0 Å². The molecule has 2 saturated carbocycles. The smallest absolute Gasteiger partial charge is 0.277 e. The van der Waals surface area contributed by atoms with Gasteiger partial charge in [0.25, 0.3) is 43.2 Å². The molecule has 0 radical (unpaired) electrons. The fourth-order valence-corrected chi connectivity index (χ4v) is 21.8. The molecule has 27 nitrogen and oxygen atoms in total. The minimum Gasteiger partial charge on any atom is -0.493 e. The lowest BCUT2D eigenvalue weighted by Gasteiger charge is -2.39. The summed E-state index contributed by atoms with van der Waals surface area (Å²) in [7, 11) is -9.23. The van der Waals surface area contributed by atoms with Crippen LogP contribution in [0.3, 0.4) is 0 Å². The number of benzene rings is 6. The number of hydrogen-bond donors (Lipinski definition) is 4. The van der Waals surface area contributed by atoms with Crippen molar-refractivity contribution in [1.82, 2.24) is 39.2 Å². The number of pyridine rings is 2. The van der Waals surface area contributed by atoms with E-state index in [1.807, 2.05) is 36.4 Å². The largest absolute Gasteiger partial charge is 0.493 e. The molecule has 2 saturated heterocycles. The number of carbonyl (C=O) groups is 2. The molecule has 8 aliphatic rings. The number of carbonyl (C=O) groups excluding carboxylic acids is 2. The molecule has 2 amide bonds. The second kappa shape index (κ2) is 38.0. The third-order valence-corrected chi connectivity index (χ3v) is 29.9.